The van der Waals surface area contributed by atoms with E-state index in [9.17, 15) is 4.79 Å². The number of hydrogen-bond donors (Lipinski definition) is 0. The van der Waals surface area contributed by atoms with E-state index in [1.54, 1.807) is 0 Å². The average Bonchev–Trinajstić information content (AvgIpc) is 2.72. The highest BCUT2D eigenvalue weighted by Crippen LogP contribution is 2.38. The van der Waals surface area contributed by atoms with Crippen molar-refractivity contribution in [3.8, 4) is 5.88 Å². The van der Waals surface area contributed by atoms with Crippen LogP contribution in [0, 0.1) is 3.70 Å². The Morgan fingerprint density at radius 1 is 1.22 bits per heavy atom. The van der Waals surface area contributed by atoms with Crippen LogP contribution < -0.4 is 4.74 Å². The van der Waals surface area contributed by atoms with Gasteiger partial charge in [-0.15, -0.1) is 10.2 Å². The number of piperidine rings is 1. The van der Waals surface area contributed by atoms with Crippen molar-refractivity contribution in [2.45, 2.75) is 70.2 Å². The molecule has 2 unspecified atom stereocenters. The van der Waals surface area contributed by atoms with Gasteiger partial charge >= 0.3 is 6.09 Å². The molecular formula is C16H22IN3O3. The lowest BCUT2D eigenvalue weighted by Crippen LogP contribution is -2.50. The van der Waals surface area contributed by atoms with Gasteiger partial charge in [-0.3, -0.25) is 0 Å². The zero-order chi connectivity index (χ0) is 16.6. The number of hydrogen-bond acceptors (Lipinski definition) is 5. The first-order chi connectivity index (χ1) is 10.8. The molecule has 3 rings (SSSR count). The van der Waals surface area contributed by atoms with Crippen molar-refractivity contribution in [1.82, 2.24) is 15.1 Å². The standard InChI is InChI=1S/C16H22IN3O3/c1-16(2,3)23-15(21)20-10-4-5-11(20)9-12(8-10)22-14-7-6-13(17)18-19-14/h6-7,10-12H,4-5,8-9H2,1-3H3/t10-,11?,12?/m0/s1. The fourth-order valence-corrected chi connectivity index (χ4v) is 3.66. The molecule has 2 aliphatic rings. The summed E-state index contributed by atoms with van der Waals surface area (Å²) < 4.78 is 12.4. The number of fused-ring (bicyclic) bond motifs is 2. The highest BCUT2D eigenvalue weighted by molar-refractivity contribution is 14.1. The molecule has 6 nitrogen and oxygen atoms in total. The number of rotatable bonds is 2. The van der Waals surface area contributed by atoms with Crippen LogP contribution in [0.4, 0.5) is 4.79 Å². The Morgan fingerprint density at radius 3 is 2.39 bits per heavy atom. The molecule has 1 aromatic heterocycles. The number of carbonyl (C=O) groups is 1. The van der Waals surface area contributed by atoms with E-state index in [0.29, 0.717) is 5.88 Å². The van der Waals surface area contributed by atoms with E-state index in [1.165, 1.54) is 0 Å². The van der Waals surface area contributed by atoms with E-state index in [4.69, 9.17) is 9.47 Å². The van der Waals surface area contributed by atoms with Crippen LogP contribution in [0.1, 0.15) is 46.5 Å². The molecule has 1 aromatic rings. The summed E-state index contributed by atoms with van der Waals surface area (Å²) in [7, 11) is 0. The van der Waals surface area contributed by atoms with E-state index in [-0.39, 0.29) is 24.3 Å². The minimum absolute atomic E-state index is 0.0838. The van der Waals surface area contributed by atoms with Crippen LogP contribution in [-0.2, 0) is 4.74 Å². The summed E-state index contributed by atoms with van der Waals surface area (Å²) in [6, 6.07) is 4.13. The normalized spacial score (nSPS) is 27.0. The highest BCUT2D eigenvalue weighted by Gasteiger charge is 2.45. The molecule has 0 N–H and O–H groups in total. The summed E-state index contributed by atoms with van der Waals surface area (Å²) in [4.78, 5) is 14.3. The van der Waals surface area contributed by atoms with Gasteiger partial charge in [0.25, 0.3) is 0 Å². The number of nitrogens with zero attached hydrogens (tertiary/aromatic N) is 3. The summed E-state index contributed by atoms with van der Waals surface area (Å²) in [6.45, 7) is 5.70. The van der Waals surface area contributed by atoms with Gasteiger partial charge in [-0.05, 0) is 62.3 Å². The van der Waals surface area contributed by atoms with Crippen LogP contribution >= 0.6 is 22.6 Å². The van der Waals surface area contributed by atoms with Crippen molar-refractivity contribution in [2.75, 3.05) is 0 Å². The highest BCUT2D eigenvalue weighted by atomic mass is 127. The molecule has 0 radical (unpaired) electrons. The molecule has 2 saturated heterocycles. The summed E-state index contributed by atoms with van der Waals surface area (Å²) in [5.41, 5.74) is -0.458. The number of carbonyl (C=O) groups excluding carboxylic acids is 1. The molecule has 0 aliphatic carbocycles. The third-order valence-electron chi connectivity index (χ3n) is 4.19. The van der Waals surface area contributed by atoms with Gasteiger partial charge in [-0.25, -0.2) is 4.79 Å². The minimum atomic E-state index is -0.458. The molecule has 3 atom stereocenters. The summed E-state index contributed by atoms with van der Waals surface area (Å²) in [5, 5.41) is 8.07. The van der Waals surface area contributed by atoms with Crippen molar-refractivity contribution in [2.24, 2.45) is 0 Å². The van der Waals surface area contributed by atoms with Gasteiger partial charge in [0.1, 0.15) is 15.4 Å². The Balaban J connectivity index is 1.62. The van der Waals surface area contributed by atoms with E-state index in [1.807, 2.05) is 37.8 Å². The van der Waals surface area contributed by atoms with Crippen molar-refractivity contribution in [1.29, 1.82) is 0 Å². The molecule has 2 fully saturated rings. The van der Waals surface area contributed by atoms with Crippen LogP contribution in [0.3, 0.4) is 0 Å². The lowest BCUT2D eigenvalue weighted by atomic mass is 10.0. The predicted molar refractivity (Wildman–Crippen MR) is 93.3 cm³/mol. The largest absolute Gasteiger partial charge is 0.473 e. The Bertz CT molecular complexity index is 559. The molecule has 2 bridgehead atoms. The summed E-state index contributed by atoms with van der Waals surface area (Å²) in [5.74, 6) is 0.556. The quantitative estimate of drug-likeness (QED) is 0.672. The van der Waals surface area contributed by atoms with Gasteiger partial charge in [0, 0.05) is 31.0 Å². The van der Waals surface area contributed by atoms with Crippen molar-refractivity contribution >= 4 is 28.7 Å². The first-order valence-corrected chi connectivity index (χ1v) is 9.07. The number of ether oxygens (including phenoxy) is 2. The van der Waals surface area contributed by atoms with Gasteiger partial charge in [-0.2, -0.15) is 0 Å². The van der Waals surface area contributed by atoms with E-state index < -0.39 is 5.60 Å². The Hall–Kier alpha value is -1.12. The Kier molecular flexibility index (Phi) is 4.66. The molecule has 23 heavy (non-hydrogen) atoms. The van der Waals surface area contributed by atoms with Crippen LogP contribution in [-0.4, -0.2) is 45.0 Å². The van der Waals surface area contributed by atoms with E-state index >= 15 is 0 Å². The molecule has 1 amide bonds. The third kappa shape index (κ3) is 4.05. The zero-order valence-corrected chi connectivity index (χ0v) is 15.8. The fraction of sp³-hybridized carbons (Fsp3) is 0.688. The molecule has 2 aliphatic heterocycles. The first-order valence-electron chi connectivity index (χ1n) is 7.99. The average molecular weight is 431 g/mol. The smallest absolute Gasteiger partial charge is 0.410 e. The third-order valence-corrected chi connectivity index (χ3v) is 4.76. The van der Waals surface area contributed by atoms with Gasteiger partial charge in [0.05, 0.1) is 0 Å². The van der Waals surface area contributed by atoms with E-state index in [2.05, 4.69) is 32.8 Å². The molecular weight excluding hydrogens is 409 g/mol. The van der Waals surface area contributed by atoms with Crippen LogP contribution in [0.25, 0.3) is 0 Å². The van der Waals surface area contributed by atoms with Gasteiger partial charge in [-0.1, -0.05) is 0 Å². The minimum Gasteiger partial charge on any atom is -0.473 e. The number of amides is 1. The second kappa shape index (κ2) is 6.41. The summed E-state index contributed by atoms with van der Waals surface area (Å²) in [6.07, 6.45) is 3.56. The molecule has 0 saturated carbocycles. The van der Waals surface area contributed by atoms with Gasteiger partial charge < -0.3 is 14.4 Å². The SMILES string of the molecule is CC(C)(C)OC(=O)N1C2CC[C@H]1CC(Oc1ccc(I)nn1)C2. The Labute approximate surface area is 150 Å². The van der Waals surface area contributed by atoms with Crippen molar-refractivity contribution in [3.63, 3.8) is 0 Å². The maximum Gasteiger partial charge on any atom is 0.410 e. The van der Waals surface area contributed by atoms with Crippen molar-refractivity contribution < 1.29 is 14.3 Å². The zero-order valence-electron chi connectivity index (χ0n) is 13.7. The van der Waals surface area contributed by atoms with E-state index in [0.717, 1.165) is 29.4 Å². The second-order valence-corrected chi connectivity index (χ2v) is 8.28. The molecule has 0 aromatic carbocycles. The summed E-state index contributed by atoms with van der Waals surface area (Å²) >= 11 is 2.12. The number of halogens is 1. The second-order valence-electron chi connectivity index (χ2n) is 7.18. The lowest BCUT2D eigenvalue weighted by Gasteiger charge is -2.39. The van der Waals surface area contributed by atoms with Crippen LogP contribution in [0.2, 0.25) is 0 Å². The predicted octanol–water partition coefficient (Wildman–Crippen LogP) is 3.39. The monoisotopic (exact) mass is 431 g/mol. The molecule has 7 heteroatoms. The van der Waals surface area contributed by atoms with Crippen molar-refractivity contribution in [3.05, 3.63) is 15.8 Å². The number of aromatic nitrogens is 2. The van der Waals surface area contributed by atoms with Crippen LogP contribution in [0.15, 0.2) is 12.1 Å². The van der Waals surface area contributed by atoms with Crippen LogP contribution in [0.5, 0.6) is 5.88 Å². The first kappa shape index (κ1) is 16.7. The Morgan fingerprint density at radius 2 is 1.87 bits per heavy atom. The lowest BCUT2D eigenvalue weighted by molar-refractivity contribution is -0.00771. The molecule has 3 heterocycles. The molecule has 0 spiro atoms. The van der Waals surface area contributed by atoms with Gasteiger partial charge in [0.2, 0.25) is 5.88 Å². The molecule has 126 valence electrons. The topological polar surface area (TPSA) is 64.5 Å². The maximum absolute atomic E-state index is 12.4. The maximum atomic E-state index is 12.4. The fourth-order valence-electron chi connectivity index (χ4n) is 3.37. The van der Waals surface area contributed by atoms with Gasteiger partial charge in [0.15, 0.2) is 0 Å².